The van der Waals surface area contributed by atoms with Crippen LogP contribution in [0.1, 0.15) is 11.6 Å². The molecule has 0 aliphatic carbocycles. The van der Waals surface area contributed by atoms with Crippen molar-refractivity contribution in [2.24, 2.45) is 0 Å². The molecule has 10 heteroatoms. The number of carbonyl (C=O) groups is 2. The molecular formula is C18H14BrCl2FN2O4. The second-order valence-electron chi connectivity index (χ2n) is 6.02. The van der Waals surface area contributed by atoms with Gasteiger partial charge in [0.05, 0.1) is 21.1 Å². The number of amides is 3. The van der Waals surface area contributed by atoms with Gasteiger partial charge in [0.25, 0.3) is 5.91 Å². The Labute approximate surface area is 178 Å². The number of urea groups is 1. The molecule has 0 aromatic heterocycles. The van der Waals surface area contributed by atoms with Gasteiger partial charge in [0, 0.05) is 0 Å². The van der Waals surface area contributed by atoms with Crippen LogP contribution in [0.5, 0.6) is 5.75 Å². The van der Waals surface area contributed by atoms with Gasteiger partial charge >= 0.3 is 6.03 Å². The average Bonchev–Trinajstić information content (AvgIpc) is 2.92. The van der Waals surface area contributed by atoms with Crippen molar-refractivity contribution >= 4 is 51.1 Å². The normalized spacial score (nSPS) is 17.6. The lowest BCUT2D eigenvalue weighted by atomic mass is 10.1. The Hall–Kier alpha value is -1.87. The number of hydrogen-bond acceptors (Lipinski definition) is 4. The second-order valence-corrected chi connectivity index (χ2v) is 7.69. The molecule has 1 aliphatic heterocycles. The third-order valence-corrected chi connectivity index (χ3v) is 5.24. The van der Waals surface area contributed by atoms with Crippen LogP contribution >= 0.6 is 39.1 Å². The van der Waals surface area contributed by atoms with Crippen LogP contribution in [0.15, 0.2) is 40.9 Å². The number of aliphatic hydroxyl groups is 1. The molecule has 148 valence electrons. The van der Waals surface area contributed by atoms with Crippen molar-refractivity contribution in [3.63, 3.8) is 0 Å². The Morgan fingerprint density at radius 1 is 1.25 bits per heavy atom. The molecule has 3 amide bonds. The smallest absolute Gasteiger partial charge is 0.325 e. The molecule has 2 aromatic rings. The van der Waals surface area contributed by atoms with E-state index < -0.39 is 29.9 Å². The molecule has 2 aromatic carbocycles. The summed E-state index contributed by atoms with van der Waals surface area (Å²) in [4.78, 5) is 25.6. The first-order valence-corrected chi connectivity index (χ1v) is 9.64. The topological polar surface area (TPSA) is 78.9 Å². The highest BCUT2D eigenvalue weighted by molar-refractivity contribution is 9.10. The SMILES string of the molecule is O=C1N[C@H](c2ccc(F)c(Br)c2)C(=O)N1C[C@@H](O)COc1c(Cl)cccc1Cl. The van der Waals surface area contributed by atoms with E-state index in [1.54, 1.807) is 18.2 Å². The molecule has 1 saturated heterocycles. The molecule has 2 atom stereocenters. The lowest BCUT2D eigenvalue weighted by molar-refractivity contribution is -0.128. The number of ether oxygens (including phenoxy) is 1. The standard InChI is InChI=1S/C18H14BrCl2FN2O4/c19-11-6-9(4-5-14(11)22)15-17(26)24(18(27)23-15)7-10(25)8-28-16-12(20)2-1-3-13(16)21/h1-6,10,15,25H,7-8H2,(H,23,27)/t10-,15-/m1/s1. The molecule has 0 spiro atoms. The van der Waals surface area contributed by atoms with Gasteiger partial charge in [-0.25, -0.2) is 9.18 Å². The third-order valence-electron chi connectivity index (χ3n) is 4.04. The van der Waals surface area contributed by atoms with Crippen molar-refractivity contribution in [1.29, 1.82) is 0 Å². The summed E-state index contributed by atoms with van der Waals surface area (Å²) in [5, 5.41) is 13.2. The van der Waals surface area contributed by atoms with Crippen LogP contribution in [0.25, 0.3) is 0 Å². The van der Waals surface area contributed by atoms with Gasteiger partial charge in [-0.05, 0) is 45.8 Å². The van der Waals surface area contributed by atoms with Crippen LogP contribution < -0.4 is 10.1 Å². The number of benzene rings is 2. The van der Waals surface area contributed by atoms with Crippen molar-refractivity contribution in [1.82, 2.24) is 10.2 Å². The fourth-order valence-corrected chi connectivity index (χ4v) is 3.58. The molecular weight excluding hydrogens is 478 g/mol. The molecule has 0 bridgehead atoms. The zero-order chi connectivity index (χ0) is 20.4. The number of nitrogens with one attached hydrogen (secondary N) is 1. The van der Waals surface area contributed by atoms with Gasteiger partial charge in [-0.2, -0.15) is 0 Å². The fourth-order valence-electron chi connectivity index (χ4n) is 2.67. The lowest BCUT2D eigenvalue weighted by Gasteiger charge is -2.19. The van der Waals surface area contributed by atoms with E-state index in [1.807, 2.05) is 0 Å². The molecule has 1 heterocycles. The van der Waals surface area contributed by atoms with Crippen LogP contribution in [0.2, 0.25) is 10.0 Å². The lowest BCUT2D eigenvalue weighted by Crippen LogP contribution is -2.39. The molecule has 1 fully saturated rings. The van der Waals surface area contributed by atoms with E-state index in [0.29, 0.717) is 5.56 Å². The first-order valence-electron chi connectivity index (χ1n) is 8.09. The van der Waals surface area contributed by atoms with Gasteiger partial charge < -0.3 is 15.2 Å². The van der Waals surface area contributed by atoms with Crippen molar-refractivity contribution in [2.75, 3.05) is 13.2 Å². The average molecular weight is 492 g/mol. The predicted molar refractivity (Wildman–Crippen MR) is 105 cm³/mol. The first-order chi connectivity index (χ1) is 13.3. The van der Waals surface area contributed by atoms with Crippen molar-refractivity contribution in [2.45, 2.75) is 12.1 Å². The van der Waals surface area contributed by atoms with Gasteiger partial charge in [-0.3, -0.25) is 9.69 Å². The van der Waals surface area contributed by atoms with Gasteiger partial charge in [-0.1, -0.05) is 35.3 Å². The van der Waals surface area contributed by atoms with E-state index in [1.165, 1.54) is 18.2 Å². The van der Waals surface area contributed by atoms with E-state index in [-0.39, 0.29) is 33.4 Å². The minimum absolute atomic E-state index is 0.176. The summed E-state index contributed by atoms with van der Waals surface area (Å²) < 4.78 is 19.0. The van der Waals surface area contributed by atoms with Crippen LogP contribution in [-0.2, 0) is 4.79 Å². The largest absolute Gasteiger partial charge is 0.488 e. The fraction of sp³-hybridized carbons (Fsp3) is 0.222. The molecule has 2 N–H and O–H groups in total. The summed E-state index contributed by atoms with van der Waals surface area (Å²) >= 11 is 15.0. The molecule has 0 radical (unpaired) electrons. The van der Waals surface area contributed by atoms with E-state index >= 15 is 0 Å². The molecule has 1 aliphatic rings. The van der Waals surface area contributed by atoms with E-state index in [2.05, 4.69) is 21.2 Å². The number of rotatable bonds is 6. The Balaban J connectivity index is 1.64. The molecule has 0 saturated carbocycles. The summed E-state index contributed by atoms with van der Waals surface area (Å²) in [6.07, 6.45) is -1.17. The molecule has 28 heavy (non-hydrogen) atoms. The monoisotopic (exact) mass is 490 g/mol. The minimum atomic E-state index is -1.17. The van der Waals surface area contributed by atoms with Gasteiger partial charge in [0.15, 0.2) is 5.75 Å². The summed E-state index contributed by atoms with van der Waals surface area (Å²) in [6, 6.07) is 7.20. The molecule has 3 rings (SSSR count). The van der Waals surface area contributed by atoms with Crippen LogP contribution in [-0.4, -0.2) is 41.2 Å². The summed E-state index contributed by atoms with van der Waals surface area (Å²) in [7, 11) is 0. The van der Waals surface area contributed by atoms with E-state index in [0.717, 1.165) is 4.90 Å². The first kappa shape index (κ1) is 20.9. The van der Waals surface area contributed by atoms with Gasteiger partial charge in [-0.15, -0.1) is 0 Å². The maximum absolute atomic E-state index is 13.4. The van der Waals surface area contributed by atoms with Crippen molar-refractivity contribution < 1.29 is 23.8 Å². The number of para-hydroxylation sites is 1. The van der Waals surface area contributed by atoms with E-state index in [4.69, 9.17) is 27.9 Å². The van der Waals surface area contributed by atoms with Gasteiger partial charge in [0.1, 0.15) is 24.6 Å². The zero-order valence-corrected chi connectivity index (χ0v) is 17.3. The minimum Gasteiger partial charge on any atom is -0.488 e. The Kier molecular flexibility index (Phi) is 6.44. The van der Waals surface area contributed by atoms with Gasteiger partial charge in [0.2, 0.25) is 0 Å². The van der Waals surface area contributed by atoms with Crippen LogP contribution in [0, 0.1) is 5.82 Å². The number of β-amino-alcohol motifs (C(OH)–C–C–N with tert-alkyl or cyclic N) is 1. The maximum atomic E-state index is 13.4. The number of halogens is 4. The van der Waals surface area contributed by atoms with Crippen molar-refractivity contribution in [3.8, 4) is 5.75 Å². The predicted octanol–water partition coefficient (Wildman–Crippen LogP) is 3.93. The maximum Gasteiger partial charge on any atom is 0.325 e. The van der Waals surface area contributed by atoms with Crippen molar-refractivity contribution in [3.05, 3.63) is 62.3 Å². The number of hydrogen-bond donors (Lipinski definition) is 2. The zero-order valence-electron chi connectivity index (χ0n) is 14.2. The highest BCUT2D eigenvalue weighted by Crippen LogP contribution is 2.32. The Morgan fingerprint density at radius 3 is 2.57 bits per heavy atom. The Morgan fingerprint density at radius 2 is 1.93 bits per heavy atom. The van der Waals surface area contributed by atoms with Crippen LogP contribution in [0.4, 0.5) is 9.18 Å². The number of aliphatic hydroxyl groups excluding tert-OH is 1. The number of carbonyl (C=O) groups excluding carboxylic acids is 2. The van der Waals surface area contributed by atoms with E-state index in [9.17, 15) is 19.1 Å². The Bertz CT molecular complexity index is 910. The highest BCUT2D eigenvalue weighted by Gasteiger charge is 2.40. The third kappa shape index (κ3) is 4.41. The molecule has 0 unspecified atom stereocenters. The quantitative estimate of drug-likeness (QED) is 0.600. The number of nitrogens with zero attached hydrogens (tertiary/aromatic N) is 1. The summed E-state index contributed by atoms with van der Waals surface area (Å²) in [5.41, 5.74) is 0.419. The summed E-state index contributed by atoms with van der Waals surface area (Å²) in [6.45, 7) is -0.515. The molecule has 6 nitrogen and oxygen atoms in total. The summed E-state index contributed by atoms with van der Waals surface area (Å²) in [5.74, 6) is -0.836. The second kappa shape index (κ2) is 8.65. The number of imide groups is 1. The highest BCUT2D eigenvalue weighted by atomic mass is 79.9. The van der Waals surface area contributed by atoms with Crippen LogP contribution in [0.3, 0.4) is 0 Å².